The monoisotopic (exact) mass is 305 g/mol. The maximum atomic E-state index is 13.0. The second-order valence-electron chi connectivity index (χ2n) is 7.18. The summed E-state index contributed by atoms with van der Waals surface area (Å²) in [5.41, 5.74) is 0. The average molecular weight is 305 g/mol. The van der Waals surface area contributed by atoms with Crippen LogP contribution in [0.25, 0.3) is 0 Å². The van der Waals surface area contributed by atoms with Crippen molar-refractivity contribution >= 4 is 0 Å². The Balaban J connectivity index is 1.99. The Morgan fingerprint density at radius 2 is 1.62 bits per heavy atom. The lowest BCUT2D eigenvalue weighted by Crippen LogP contribution is -2.45. The minimum absolute atomic E-state index is 0.205. The first-order valence-corrected chi connectivity index (χ1v) is 8.69. The Bertz CT molecular complexity index is 316. The van der Waals surface area contributed by atoms with Crippen molar-refractivity contribution in [3.63, 3.8) is 0 Å². The van der Waals surface area contributed by atoms with Crippen molar-refractivity contribution in [2.24, 2.45) is 23.7 Å². The molecule has 2 aliphatic rings. The molecule has 5 unspecified atom stereocenters. The summed E-state index contributed by atoms with van der Waals surface area (Å²) in [6.45, 7) is 2.24. The van der Waals surface area contributed by atoms with Crippen LogP contribution in [-0.4, -0.2) is 19.3 Å². The first-order chi connectivity index (χ1) is 9.95. The summed E-state index contributed by atoms with van der Waals surface area (Å²) in [4.78, 5) is 0. The summed E-state index contributed by atoms with van der Waals surface area (Å²) in [5.74, 6) is 0.487. The molecule has 0 aromatic heterocycles. The van der Waals surface area contributed by atoms with Crippen LogP contribution in [0.4, 0.5) is 13.2 Å². The highest BCUT2D eigenvalue weighted by Gasteiger charge is 2.44. The average Bonchev–Trinajstić information content (AvgIpc) is 2.48. The van der Waals surface area contributed by atoms with E-state index in [2.05, 4.69) is 12.2 Å². The zero-order chi connectivity index (χ0) is 15.5. The molecule has 2 rings (SSSR count). The second kappa shape index (κ2) is 7.34. The zero-order valence-corrected chi connectivity index (χ0v) is 13.4. The van der Waals surface area contributed by atoms with E-state index >= 15 is 0 Å². The highest BCUT2D eigenvalue weighted by molar-refractivity contribution is 4.90. The van der Waals surface area contributed by atoms with Gasteiger partial charge in [0.05, 0.1) is 5.92 Å². The Kier molecular flexibility index (Phi) is 5.98. The van der Waals surface area contributed by atoms with Gasteiger partial charge in [-0.25, -0.2) is 0 Å². The van der Waals surface area contributed by atoms with E-state index in [1.165, 1.54) is 32.1 Å². The Morgan fingerprint density at radius 3 is 2.19 bits per heavy atom. The number of nitrogens with one attached hydrogen (secondary N) is 1. The fourth-order valence-corrected chi connectivity index (χ4v) is 4.74. The third kappa shape index (κ3) is 4.37. The van der Waals surface area contributed by atoms with Crippen LogP contribution in [0.3, 0.4) is 0 Å². The number of rotatable bonds is 4. The van der Waals surface area contributed by atoms with Gasteiger partial charge in [-0.15, -0.1) is 0 Å². The molecule has 2 aliphatic carbocycles. The maximum absolute atomic E-state index is 13.0. The van der Waals surface area contributed by atoms with E-state index in [0.29, 0.717) is 18.8 Å². The van der Waals surface area contributed by atoms with Crippen molar-refractivity contribution < 1.29 is 13.2 Å². The Morgan fingerprint density at radius 1 is 1.00 bits per heavy atom. The predicted octanol–water partition coefficient (Wildman–Crippen LogP) is 5.16. The molecular formula is C17H30F3N. The largest absolute Gasteiger partial charge is 0.391 e. The van der Waals surface area contributed by atoms with Crippen LogP contribution in [0.15, 0.2) is 0 Å². The first-order valence-electron chi connectivity index (χ1n) is 8.69. The molecule has 21 heavy (non-hydrogen) atoms. The van der Waals surface area contributed by atoms with Crippen molar-refractivity contribution in [1.29, 1.82) is 0 Å². The summed E-state index contributed by atoms with van der Waals surface area (Å²) in [7, 11) is 1.94. The molecule has 0 aromatic rings. The fraction of sp³-hybridized carbons (Fsp3) is 1.00. The van der Waals surface area contributed by atoms with Gasteiger partial charge in [-0.3, -0.25) is 0 Å². The van der Waals surface area contributed by atoms with E-state index in [1.54, 1.807) is 0 Å². The van der Waals surface area contributed by atoms with Crippen LogP contribution < -0.4 is 5.32 Å². The molecule has 2 saturated carbocycles. The highest BCUT2D eigenvalue weighted by atomic mass is 19.4. The minimum Gasteiger partial charge on any atom is -0.316 e. The van der Waals surface area contributed by atoms with E-state index < -0.39 is 12.1 Å². The van der Waals surface area contributed by atoms with Crippen molar-refractivity contribution in [3.8, 4) is 0 Å². The third-order valence-electron chi connectivity index (χ3n) is 5.93. The van der Waals surface area contributed by atoms with Gasteiger partial charge in [0.15, 0.2) is 0 Å². The van der Waals surface area contributed by atoms with Crippen LogP contribution in [0.5, 0.6) is 0 Å². The molecule has 124 valence electrons. The first kappa shape index (κ1) is 17.1. The molecule has 0 aliphatic heterocycles. The van der Waals surface area contributed by atoms with Crippen molar-refractivity contribution in [2.75, 3.05) is 7.05 Å². The molecule has 0 radical (unpaired) electrons. The highest BCUT2D eigenvalue weighted by Crippen LogP contribution is 2.44. The lowest BCUT2D eigenvalue weighted by Gasteiger charge is -2.41. The number of alkyl halides is 3. The topological polar surface area (TPSA) is 12.0 Å². The van der Waals surface area contributed by atoms with Crippen LogP contribution in [0.1, 0.15) is 64.7 Å². The molecule has 5 atom stereocenters. The molecule has 2 fully saturated rings. The van der Waals surface area contributed by atoms with Gasteiger partial charge in [0, 0.05) is 6.04 Å². The quantitative estimate of drug-likeness (QED) is 0.756. The Hall–Kier alpha value is -0.250. The lowest BCUT2D eigenvalue weighted by atomic mass is 9.69. The summed E-state index contributed by atoms with van der Waals surface area (Å²) in [6, 6.07) is 0.282. The van der Waals surface area contributed by atoms with Crippen LogP contribution in [0.2, 0.25) is 0 Å². The van der Waals surface area contributed by atoms with E-state index in [-0.39, 0.29) is 12.0 Å². The van der Waals surface area contributed by atoms with Gasteiger partial charge in [0.1, 0.15) is 0 Å². The van der Waals surface area contributed by atoms with E-state index in [0.717, 1.165) is 18.8 Å². The van der Waals surface area contributed by atoms with E-state index in [9.17, 15) is 13.2 Å². The fourth-order valence-electron chi connectivity index (χ4n) is 4.74. The third-order valence-corrected chi connectivity index (χ3v) is 5.93. The lowest BCUT2D eigenvalue weighted by molar-refractivity contribution is -0.187. The van der Waals surface area contributed by atoms with Gasteiger partial charge < -0.3 is 5.32 Å². The van der Waals surface area contributed by atoms with Crippen molar-refractivity contribution in [3.05, 3.63) is 0 Å². The summed E-state index contributed by atoms with van der Waals surface area (Å²) < 4.78 is 39.1. The number of hydrogen-bond acceptors (Lipinski definition) is 1. The number of halogens is 3. The standard InChI is InChI=1S/C17H30F3N/c1-3-12-6-4-7-13(10-12)16(21-2)14-8-5-9-15(11-14)17(18,19)20/h12-16,21H,3-11H2,1-2H3. The van der Waals surface area contributed by atoms with Crippen LogP contribution in [-0.2, 0) is 0 Å². The summed E-state index contributed by atoms with van der Waals surface area (Å²) in [6.07, 6.45) is 4.52. The van der Waals surface area contributed by atoms with Gasteiger partial charge in [-0.1, -0.05) is 32.6 Å². The Labute approximate surface area is 127 Å². The maximum Gasteiger partial charge on any atom is 0.391 e. The molecular weight excluding hydrogens is 275 g/mol. The molecule has 0 spiro atoms. The van der Waals surface area contributed by atoms with Gasteiger partial charge in [-0.2, -0.15) is 13.2 Å². The SMILES string of the molecule is CCC1CCCC(C(NC)C2CCCC(C(F)(F)F)C2)C1. The molecule has 0 heterocycles. The van der Waals surface area contributed by atoms with E-state index in [4.69, 9.17) is 0 Å². The molecule has 0 bridgehead atoms. The van der Waals surface area contributed by atoms with Crippen LogP contribution >= 0.6 is 0 Å². The minimum atomic E-state index is -4.00. The second-order valence-corrected chi connectivity index (χ2v) is 7.18. The molecule has 4 heteroatoms. The normalized spacial score (nSPS) is 36.4. The smallest absolute Gasteiger partial charge is 0.316 e. The molecule has 1 N–H and O–H groups in total. The zero-order valence-electron chi connectivity index (χ0n) is 13.4. The van der Waals surface area contributed by atoms with Gasteiger partial charge >= 0.3 is 6.18 Å². The van der Waals surface area contributed by atoms with Crippen molar-refractivity contribution in [2.45, 2.75) is 76.9 Å². The van der Waals surface area contributed by atoms with Crippen molar-refractivity contribution in [1.82, 2.24) is 5.32 Å². The number of hydrogen-bond donors (Lipinski definition) is 1. The van der Waals surface area contributed by atoms with Gasteiger partial charge in [0.2, 0.25) is 0 Å². The molecule has 1 nitrogen and oxygen atoms in total. The molecule has 0 aromatic carbocycles. The van der Waals surface area contributed by atoms with Gasteiger partial charge in [0.25, 0.3) is 0 Å². The van der Waals surface area contributed by atoms with E-state index in [1.807, 2.05) is 7.05 Å². The summed E-state index contributed by atoms with van der Waals surface area (Å²) >= 11 is 0. The van der Waals surface area contributed by atoms with Gasteiger partial charge in [-0.05, 0) is 56.9 Å². The van der Waals surface area contributed by atoms with Crippen LogP contribution in [0, 0.1) is 23.7 Å². The summed E-state index contributed by atoms with van der Waals surface area (Å²) in [5, 5.41) is 3.39. The predicted molar refractivity (Wildman–Crippen MR) is 80.1 cm³/mol. The molecule has 0 amide bonds. The molecule has 0 saturated heterocycles.